The van der Waals surface area contributed by atoms with Gasteiger partial charge in [0.25, 0.3) is 5.91 Å². The minimum atomic E-state index is -0.524. The van der Waals surface area contributed by atoms with Crippen LogP contribution in [0.3, 0.4) is 0 Å². The summed E-state index contributed by atoms with van der Waals surface area (Å²) in [6.45, 7) is 0. The molecule has 0 saturated heterocycles. The molecule has 0 atom stereocenters. The molecule has 29 heavy (non-hydrogen) atoms. The van der Waals surface area contributed by atoms with E-state index in [0.717, 1.165) is 16.6 Å². The summed E-state index contributed by atoms with van der Waals surface area (Å²) < 4.78 is 5.30. The quantitative estimate of drug-likeness (QED) is 0.303. The fourth-order valence-corrected chi connectivity index (χ4v) is 2.77. The number of hydrogen-bond donors (Lipinski definition) is 2. The number of benzene rings is 3. The van der Waals surface area contributed by atoms with Crippen LogP contribution in [0.5, 0.6) is 5.75 Å². The summed E-state index contributed by atoms with van der Waals surface area (Å²) in [5, 5.41) is 2.71. The summed E-state index contributed by atoms with van der Waals surface area (Å²) in [6, 6.07) is 23.3. The van der Waals surface area contributed by atoms with Crippen molar-refractivity contribution in [2.24, 2.45) is 0 Å². The zero-order chi connectivity index (χ0) is 20.1. The number of aromatic nitrogens is 2. The molecular formula is C23H17N3O3. The molecule has 142 valence electrons. The minimum absolute atomic E-state index is 0.282. The van der Waals surface area contributed by atoms with Crippen LogP contribution in [-0.2, 0) is 4.79 Å². The molecule has 0 aliphatic heterocycles. The van der Waals surface area contributed by atoms with Gasteiger partial charge in [-0.25, -0.2) is 9.78 Å². The Morgan fingerprint density at radius 3 is 2.55 bits per heavy atom. The van der Waals surface area contributed by atoms with E-state index in [1.54, 1.807) is 24.3 Å². The van der Waals surface area contributed by atoms with Gasteiger partial charge in [0.2, 0.25) is 5.95 Å². The number of nitrogens with zero attached hydrogens (tertiary/aromatic N) is 1. The maximum Gasteiger partial charge on any atom is 0.336 e. The summed E-state index contributed by atoms with van der Waals surface area (Å²) in [6.07, 6.45) is 3.01. The maximum absolute atomic E-state index is 12.5. The van der Waals surface area contributed by atoms with Crippen molar-refractivity contribution in [1.29, 1.82) is 0 Å². The molecule has 0 fully saturated rings. The SMILES string of the molecule is O=C(/C=C\c1ccccc1)Oc1cccc(C(=O)Nc2nc3ccccc3[nH]2)c1. The van der Waals surface area contributed by atoms with Crippen LogP contribution in [0.1, 0.15) is 15.9 Å². The van der Waals surface area contributed by atoms with Crippen molar-refractivity contribution in [1.82, 2.24) is 9.97 Å². The molecule has 0 aliphatic carbocycles. The van der Waals surface area contributed by atoms with Crippen LogP contribution < -0.4 is 10.1 Å². The Morgan fingerprint density at radius 1 is 0.931 bits per heavy atom. The van der Waals surface area contributed by atoms with Gasteiger partial charge in [-0.2, -0.15) is 0 Å². The Hall–Kier alpha value is -4.19. The second kappa shape index (κ2) is 8.22. The fourth-order valence-electron chi connectivity index (χ4n) is 2.77. The Bertz CT molecular complexity index is 1160. The number of amides is 1. The number of rotatable bonds is 5. The van der Waals surface area contributed by atoms with Crippen LogP contribution in [0.4, 0.5) is 5.95 Å². The lowest BCUT2D eigenvalue weighted by atomic mass is 10.2. The molecule has 0 unspecified atom stereocenters. The smallest absolute Gasteiger partial charge is 0.336 e. The van der Waals surface area contributed by atoms with E-state index in [9.17, 15) is 9.59 Å². The van der Waals surface area contributed by atoms with Crippen LogP contribution in [0.15, 0.2) is 84.9 Å². The molecule has 3 aromatic carbocycles. The van der Waals surface area contributed by atoms with Gasteiger partial charge in [-0.15, -0.1) is 0 Å². The predicted octanol–water partition coefficient (Wildman–Crippen LogP) is 4.43. The number of nitrogens with one attached hydrogen (secondary N) is 2. The summed E-state index contributed by atoms with van der Waals surface area (Å²) >= 11 is 0. The third-order valence-corrected chi connectivity index (χ3v) is 4.15. The van der Waals surface area contributed by atoms with Crippen molar-refractivity contribution < 1.29 is 14.3 Å². The van der Waals surface area contributed by atoms with E-state index in [2.05, 4.69) is 15.3 Å². The van der Waals surface area contributed by atoms with E-state index in [4.69, 9.17) is 4.74 Å². The zero-order valence-electron chi connectivity index (χ0n) is 15.3. The molecule has 2 N–H and O–H groups in total. The molecule has 0 spiro atoms. The first-order valence-corrected chi connectivity index (χ1v) is 8.98. The third kappa shape index (κ3) is 4.56. The molecular weight excluding hydrogens is 366 g/mol. The largest absolute Gasteiger partial charge is 0.423 e. The van der Waals surface area contributed by atoms with Crippen LogP contribution in [0.2, 0.25) is 0 Å². The number of imidazole rings is 1. The average Bonchev–Trinajstić information content (AvgIpc) is 3.15. The number of fused-ring (bicyclic) bond motifs is 1. The van der Waals surface area contributed by atoms with Gasteiger partial charge in [-0.1, -0.05) is 48.5 Å². The highest BCUT2D eigenvalue weighted by Crippen LogP contribution is 2.17. The molecule has 1 heterocycles. The number of aromatic amines is 1. The molecule has 6 heteroatoms. The van der Waals surface area contributed by atoms with Gasteiger partial charge in [0.05, 0.1) is 11.0 Å². The van der Waals surface area contributed by atoms with Gasteiger partial charge in [0.15, 0.2) is 0 Å². The number of carbonyl (C=O) groups is 2. The highest BCUT2D eigenvalue weighted by Gasteiger charge is 2.11. The van der Waals surface area contributed by atoms with Crippen LogP contribution in [0, 0.1) is 0 Å². The lowest BCUT2D eigenvalue weighted by molar-refractivity contribution is -0.128. The van der Waals surface area contributed by atoms with Gasteiger partial charge >= 0.3 is 5.97 Å². The van der Waals surface area contributed by atoms with Crippen molar-refractivity contribution in [3.63, 3.8) is 0 Å². The van der Waals surface area contributed by atoms with Crippen LogP contribution in [-0.4, -0.2) is 21.8 Å². The Morgan fingerprint density at radius 2 is 1.72 bits per heavy atom. The first kappa shape index (κ1) is 18.2. The number of ether oxygens (including phenoxy) is 1. The summed E-state index contributed by atoms with van der Waals surface area (Å²) in [5.41, 5.74) is 2.83. The van der Waals surface area contributed by atoms with E-state index >= 15 is 0 Å². The van der Waals surface area contributed by atoms with E-state index in [1.165, 1.54) is 12.1 Å². The number of anilines is 1. The topological polar surface area (TPSA) is 84.1 Å². The normalized spacial score (nSPS) is 10.9. The van der Waals surface area contributed by atoms with Gasteiger partial charge in [-0.3, -0.25) is 10.1 Å². The van der Waals surface area contributed by atoms with Gasteiger partial charge in [-0.05, 0) is 42.0 Å². The number of carbonyl (C=O) groups excluding carboxylic acids is 2. The van der Waals surface area contributed by atoms with E-state index in [1.807, 2.05) is 54.6 Å². The van der Waals surface area contributed by atoms with E-state index in [0.29, 0.717) is 11.5 Å². The summed E-state index contributed by atoms with van der Waals surface area (Å²) in [5.74, 6) is -0.250. The summed E-state index contributed by atoms with van der Waals surface area (Å²) in [7, 11) is 0. The van der Waals surface area contributed by atoms with Crippen LogP contribution >= 0.6 is 0 Å². The summed E-state index contributed by atoms with van der Waals surface area (Å²) in [4.78, 5) is 31.9. The molecule has 0 saturated carbocycles. The molecule has 1 amide bonds. The highest BCUT2D eigenvalue weighted by molar-refractivity contribution is 6.04. The minimum Gasteiger partial charge on any atom is -0.423 e. The molecule has 4 rings (SSSR count). The number of para-hydroxylation sites is 2. The molecule has 0 aliphatic rings. The number of esters is 1. The van der Waals surface area contributed by atoms with Crippen molar-refractivity contribution in [2.75, 3.05) is 5.32 Å². The number of H-pyrrole nitrogens is 1. The maximum atomic E-state index is 12.5. The fraction of sp³-hybridized carbons (Fsp3) is 0. The lowest BCUT2D eigenvalue weighted by Gasteiger charge is -2.05. The van der Waals surface area contributed by atoms with Crippen molar-refractivity contribution in [3.05, 3.63) is 96.1 Å². The standard InChI is InChI=1S/C23H17N3O3/c27-21(14-13-16-7-2-1-3-8-16)29-18-10-6-9-17(15-18)22(28)26-23-24-19-11-4-5-12-20(19)25-23/h1-15H,(H2,24,25,26,28)/b14-13-. The molecule has 6 nitrogen and oxygen atoms in total. The van der Waals surface area contributed by atoms with Crippen LogP contribution in [0.25, 0.3) is 17.1 Å². The van der Waals surface area contributed by atoms with Crippen molar-refractivity contribution in [3.8, 4) is 5.75 Å². The molecule has 1 aromatic heterocycles. The Balaban J connectivity index is 1.43. The van der Waals surface area contributed by atoms with Crippen molar-refractivity contribution >= 4 is 34.9 Å². The van der Waals surface area contributed by atoms with E-state index in [-0.39, 0.29) is 11.7 Å². The zero-order valence-corrected chi connectivity index (χ0v) is 15.3. The Labute approximate surface area is 166 Å². The highest BCUT2D eigenvalue weighted by atomic mass is 16.5. The second-order valence-corrected chi connectivity index (χ2v) is 6.25. The molecule has 0 bridgehead atoms. The van der Waals surface area contributed by atoms with Gasteiger partial charge < -0.3 is 9.72 Å². The number of hydrogen-bond acceptors (Lipinski definition) is 4. The third-order valence-electron chi connectivity index (χ3n) is 4.15. The lowest BCUT2D eigenvalue weighted by Crippen LogP contribution is -2.13. The average molecular weight is 383 g/mol. The van der Waals surface area contributed by atoms with Gasteiger partial charge in [0.1, 0.15) is 5.75 Å². The predicted molar refractivity (Wildman–Crippen MR) is 112 cm³/mol. The monoisotopic (exact) mass is 383 g/mol. The van der Waals surface area contributed by atoms with Gasteiger partial charge in [0, 0.05) is 11.6 Å². The van der Waals surface area contributed by atoms with E-state index < -0.39 is 5.97 Å². The van der Waals surface area contributed by atoms with Crippen molar-refractivity contribution in [2.45, 2.75) is 0 Å². The first-order chi connectivity index (χ1) is 14.2. The molecule has 0 radical (unpaired) electrons. The second-order valence-electron chi connectivity index (χ2n) is 6.25. The Kier molecular flexibility index (Phi) is 5.16. The first-order valence-electron chi connectivity index (χ1n) is 8.98. The molecule has 4 aromatic rings.